The summed E-state index contributed by atoms with van der Waals surface area (Å²) in [5.41, 5.74) is 3.10. The summed E-state index contributed by atoms with van der Waals surface area (Å²) in [4.78, 5) is 31.1. The zero-order valence-corrected chi connectivity index (χ0v) is 22.1. The van der Waals surface area contributed by atoms with Crippen molar-refractivity contribution in [2.45, 2.75) is 33.7 Å². The van der Waals surface area contributed by atoms with Crippen LogP contribution in [-0.2, 0) is 6.54 Å². The molecule has 0 radical (unpaired) electrons. The number of rotatable bonds is 9. The van der Waals surface area contributed by atoms with Crippen molar-refractivity contribution in [3.05, 3.63) is 81.5 Å². The van der Waals surface area contributed by atoms with Gasteiger partial charge in [-0.2, -0.15) is 5.10 Å². The number of likely N-dealkylation sites (N-methyl/N-ethyl adjacent to an activating group) is 1. The molecule has 37 heavy (non-hydrogen) atoms. The molecule has 4 rings (SSSR count). The Kier molecular flexibility index (Phi) is 8.23. The van der Waals surface area contributed by atoms with E-state index >= 15 is 0 Å². The summed E-state index contributed by atoms with van der Waals surface area (Å²) in [6, 6.07) is 16.1. The molecule has 9 nitrogen and oxygen atoms in total. The molecule has 0 spiro atoms. The average Bonchev–Trinajstić information content (AvgIpc) is 3.22. The van der Waals surface area contributed by atoms with E-state index in [1.165, 1.54) is 12.1 Å². The van der Waals surface area contributed by atoms with E-state index in [4.69, 9.17) is 5.10 Å². The first-order valence-electron chi connectivity index (χ1n) is 12.9. The van der Waals surface area contributed by atoms with Crippen LogP contribution in [0, 0.1) is 23.0 Å². The summed E-state index contributed by atoms with van der Waals surface area (Å²) in [7, 11) is 2.13. The number of aryl methyl sites for hydroxylation is 1. The van der Waals surface area contributed by atoms with Crippen LogP contribution in [0.1, 0.15) is 41.9 Å². The lowest BCUT2D eigenvalue weighted by Crippen LogP contribution is -2.45. The van der Waals surface area contributed by atoms with Crippen LogP contribution in [0.15, 0.2) is 54.6 Å². The van der Waals surface area contributed by atoms with Gasteiger partial charge < -0.3 is 14.7 Å². The fraction of sp³-hybridized carbons (Fsp3) is 0.429. The van der Waals surface area contributed by atoms with Gasteiger partial charge in [-0.05, 0) is 44.5 Å². The third-order valence-electron chi connectivity index (χ3n) is 6.88. The fourth-order valence-electron chi connectivity index (χ4n) is 4.62. The first-order chi connectivity index (χ1) is 17.7. The standard InChI is InChI=1S/C28H36N6O3/c1-21(2)13-14-32(28(35)23-9-8-12-25(19-23)34(36)37)20-26-22(3)29-33(24-10-6-5-7-11-24)27(26)31-17-15-30(4)16-18-31/h5-12,19,21H,13-18,20H2,1-4H3. The summed E-state index contributed by atoms with van der Waals surface area (Å²) in [6.45, 7) is 10.8. The van der Waals surface area contributed by atoms with Gasteiger partial charge in [0.25, 0.3) is 11.6 Å². The van der Waals surface area contributed by atoms with Crippen molar-refractivity contribution < 1.29 is 9.72 Å². The molecular formula is C28H36N6O3. The topological polar surface area (TPSA) is 87.8 Å². The average molecular weight is 505 g/mol. The molecule has 2 aromatic carbocycles. The first-order valence-corrected chi connectivity index (χ1v) is 12.9. The van der Waals surface area contributed by atoms with Crippen molar-refractivity contribution in [1.82, 2.24) is 19.6 Å². The van der Waals surface area contributed by atoms with Crippen LogP contribution < -0.4 is 4.90 Å². The van der Waals surface area contributed by atoms with Crippen molar-refractivity contribution in [1.29, 1.82) is 0 Å². The van der Waals surface area contributed by atoms with Gasteiger partial charge in [0.1, 0.15) is 5.82 Å². The number of anilines is 1. The van der Waals surface area contributed by atoms with E-state index in [9.17, 15) is 14.9 Å². The molecular weight excluding hydrogens is 468 g/mol. The van der Waals surface area contributed by atoms with Gasteiger partial charge >= 0.3 is 0 Å². The fourth-order valence-corrected chi connectivity index (χ4v) is 4.62. The third-order valence-corrected chi connectivity index (χ3v) is 6.88. The number of aromatic nitrogens is 2. The van der Waals surface area contributed by atoms with E-state index in [1.807, 2.05) is 46.8 Å². The summed E-state index contributed by atoms with van der Waals surface area (Å²) in [6.07, 6.45) is 0.830. The Balaban J connectivity index is 1.74. The van der Waals surface area contributed by atoms with E-state index in [0.29, 0.717) is 24.6 Å². The number of amides is 1. The number of hydrogen-bond donors (Lipinski definition) is 0. The van der Waals surface area contributed by atoms with E-state index in [2.05, 4.69) is 30.7 Å². The molecule has 1 aliphatic rings. The maximum Gasteiger partial charge on any atom is 0.270 e. The molecule has 1 amide bonds. The highest BCUT2D eigenvalue weighted by molar-refractivity contribution is 5.95. The second-order valence-corrected chi connectivity index (χ2v) is 10.1. The van der Waals surface area contributed by atoms with Gasteiger partial charge in [0.2, 0.25) is 0 Å². The quantitative estimate of drug-likeness (QED) is 0.314. The van der Waals surface area contributed by atoms with E-state index in [1.54, 1.807) is 12.1 Å². The highest BCUT2D eigenvalue weighted by atomic mass is 16.6. The van der Waals surface area contributed by atoms with E-state index < -0.39 is 4.92 Å². The zero-order valence-electron chi connectivity index (χ0n) is 22.1. The Hall–Kier alpha value is -3.72. The monoisotopic (exact) mass is 504 g/mol. The molecule has 3 aromatic rings. The van der Waals surface area contributed by atoms with Gasteiger partial charge in [-0.3, -0.25) is 14.9 Å². The molecule has 196 valence electrons. The van der Waals surface area contributed by atoms with E-state index in [-0.39, 0.29) is 11.6 Å². The number of nitrogens with zero attached hydrogens (tertiary/aromatic N) is 6. The number of nitro benzene ring substituents is 1. The predicted octanol–water partition coefficient (Wildman–Crippen LogP) is 4.53. The number of non-ortho nitro benzene ring substituents is 1. The Morgan fingerprint density at radius 3 is 2.43 bits per heavy atom. The number of para-hydroxylation sites is 1. The largest absolute Gasteiger partial charge is 0.354 e. The number of carbonyl (C=O) groups excluding carboxylic acids is 1. The third kappa shape index (κ3) is 6.17. The number of benzene rings is 2. The Bertz CT molecular complexity index is 1230. The van der Waals surface area contributed by atoms with Crippen LogP contribution in [0.5, 0.6) is 0 Å². The molecule has 1 fully saturated rings. The van der Waals surface area contributed by atoms with Gasteiger partial charge in [0.15, 0.2) is 0 Å². The van der Waals surface area contributed by atoms with Crippen LogP contribution in [0.2, 0.25) is 0 Å². The second-order valence-electron chi connectivity index (χ2n) is 10.1. The lowest BCUT2D eigenvalue weighted by molar-refractivity contribution is -0.384. The van der Waals surface area contributed by atoms with Crippen molar-refractivity contribution >= 4 is 17.4 Å². The van der Waals surface area contributed by atoms with Crippen molar-refractivity contribution in [2.24, 2.45) is 5.92 Å². The molecule has 0 unspecified atom stereocenters. The predicted molar refractivity (Wildman–Crippen MR) is 145 cm³/mol. The van der Waals surface area contributed by atoms with Gasteiger partial charge in [-0.25, -0.2) is 4.68 Å². The molecule has 0 N–H and O–H groups in total. The normalized spacial score (nSPS) is 14.2. The smallest absolute Gasteiger partial charge is 0.270 e. The maximum absolute atomic E-state index is 13.7. The summed E-state index contributed by atoms with van der Waals surface area (Å²) >= 11 is 0. The van der Waals surface area contributed by atoms with Gasteiger partial charge in [0, 0.05) is 56.0 Å². The number of hydrogen-bond acceptors (Lipinski definition) is 6. The van der Waals surface area contributed by atoms with Crippen LogP contribution in [0.25, 0.3) is 5.69 Å². The number of piperazine rings is 1. The van der Waals surface area contributed by atoms with Crippen molar-refractivity contribution in [3.63, 3.8) is 0 Å². The van der Waals surface area contributed by atoms with Crippen molar-refractivity contribution in [2.75, 3.05) is 44.7 Å². The van der Waals surface area contributed by atoms with Gasteiger partial charge in [0.05, 0.1) is 22.8 Å². The van der Waals surface area contributed by atoms with Crippen LogP contribution >= 0.6 is 0 Å². The molecule has 9 heteroatoms. The molecule has 0 atom stereocenters. The summed E-state index contributed by atoms with van der Waals surface area (Å²) in [5, 5.41) is 16.3. The van der Waals surface area contributed by atoms with E-state index in [0.717, 1.165) is 55.4 Å². The maximum atomic E-state index is 13.7. The SMILES string of the molecule is Cc1nn(-c2ccccc2)c(N2CCN(C)CC2)c1CN(CCC(C)C)C(=O)c1cccc([N+](=O)[O-])c1. The minimum atomic E-state index is -0.464. The Morgan fingerprint density at radius 1 is 1.08 bits per heavy atom. The molecule has 0 bridgehead atoms. The molecule has 1 aliphatic heterocycles. The zero-order chi connectivity index (χ0) is 26.5. The molecule has 0 aliphatic carbocycles. The van der Waals surface area contributed by atoms with Gasteiger partial charge in [-0.15, -0.1) is 0 Å². The minimum absolute atomic E-state index is 0.0825. The lowest BCUT2D eigenvalue weighted by Gasteiger charge is -2.35. The Labute approximate surface area is 218 Å². The van der Waals surface area contributed by atoms with Crippen LogP contribution in [-0.4, -0.2) is 70.2 Å². The minimum Gasteiger partial charge on any atom is -0.354 e. The number of carbonyl (C=O) groups is 1. The van der Waals surface area contributed by atoms with Crippen LogP contribution in [0.3, 0.4) is 0 Å². The molecule has 2 heterocycles. The molecule has 0 saturated carbocycles. The lowest BCUT2D eigenvalue weighted by atomic mass is 10.1. The second kappa shape index (κ2) is 11.6. The molecule has 1 aromatic heterocycles. The van der Waals surface area contributed by atoms with Gasteiger partial charge in [-0.1, -0.05) is 38.1 Å². The Morgan fingerprint density at radius 2 is 1.78 bits per heavy atom. The first kappa shape index (κ1) is 26.3. The summed E-state index contributed by atoms with van der Waals surface area (Å²) < 4.78 is 1.99. The molecule has 1 saturated heterocycles. The van der Waals surface area contributed by atoms with Crippen LogP contribution in [0.4, 0.5) is 11.5 Å². The summed E-state index contributed by atoms with van der Waals surface area (Å²) in [5.74, 6) is 1.21. The van der Waals surface area contributed by atoms with Crippen molar-refractivity contribution in [3.8, 4) is 5.69 Å². The highest BCUT2D eigenvalue weighted by Gasteiger charge is 2.28. The highest BCUT2D eigenvalue weighted by Crippen LogP contribution is 2.30. The number of nitro groups is 1.